The fourth-order valence-electron chi connectivity index (χ4n) is 8.22. The van der Waals surface area contributed by atoms with Crippen molar-refractivity contribution in [3.8, 4) is 23.0 Å². The van der Waals surface area contributed by atoms with E-state index in [0.717, 1.165) is 32.2 Å². The van der Waals surface area contributed by atoms with Crippen molar-refractivity contribution in [1.29, 1.82) is 0 Å². The van der Waals surface area contributed by atoms with Crippen LogP contribution in [0.4, 0.5) is 19.0 Å². The van der Waals surface area contributed by atoms with Crippen LogP contribution in [0.3, 0.4) is 0 Å². The predicted molar refractivity (Wildman–Crippen MR) is 172 cm³/mol. The fourth-order valence-corrected chi connectivity index (χ4v) is 8.22. The Morgan fingerprint density at radius 2 is 1.98 bits per heavy atom. The molecule has 1 N–H and O–H groups in total. The third-order valence-electron chi connectivity index (χ3n) is 10.4. The lowest BCUT2D eigenvalue weighted by Gasteiger charge is -2.34. The number of phenols is 1. The van der Waals surface area contributed by atoms with Gasteiger partial charge in [0, 0.05) is 61.3 Å². The summed E-state index contributed by atoms with van der Waals surface area (Å²) in [6.07, 6.45) is 8.12. The number of hydrogen-bond acceptors (Lipinski definition) is 10. The van der Waals surface area contributed by atoms with Gasteiger partial charge in [0.1, 0.15) is 41.4 Å². The molecule has 8 heterocycles. The molecule has 3 saturated heterocycles. The molecule has 8 bridgehead atoms. The highest BCUT2D eigenvalue weighted by Gasteiger charge is 2.49. The second-order valence-electron chi connectivity index (χ2n) is 13.5. The van der Waals surface area contributed by atoms with Crippen LogP contribution in [0.5, 0.6) is 11.8 Å². The van der Waals surface area contributed by atoms with Gasteiger partial charge in [0.2, 0.25) is 0 Å². The van der Waals surface area contributed by atoms with Gasteiger partial charge in [-0.05, 0) is 67.8 Å². The lowest BCUT2D eigenvalue weighted by molar-refractivity contribution is 0.107. The van der Waals surface area contributed by atoms with Crippen LogP contribution >= 0.6 is 0 Å². The van der Waals surface area contributed by atoms with Crippen LogP contribution in [0, 0.1) is 17.6 Å². The molecule has 0 radical (unpaired) electrons. The first kappa shape index (κ1) is 29.4. The Bertz CT molecular complexity index is 2120. The summed E-state index contributed by atoms with van der Waals surface area (Å²) in [6, 6.07) is 5.66. The van der Waals surface area contributed by atoms with E-state index in [4.69, 9.17) is 14.2 Å². The average molecular weight is 656 g/mol. The van der Waals surface area contributed by atoms with Gasteiger partial charge in [-0.2, -0.15) is 15.0 Å². The number of pyridine rings is 1. The summed E-state index contributed by atoms with van der Waals surface area (Å²) in [6.45, 7) is 2.65. The van der Waals surface area contributed by atoms with Crippen LogP contribution in [-0.4, -0.2) is 79.6 Å². The van der Waals surface area contributed by atoms with Gasteiger partial charge in [0.15, 0.2) is 11.6 Å². The highest BCUT2D eigenvalue weighted by Crippen LogP contribution is 2.42. The summed E-state index contributed by atoms with van der Waals surface area (Å²) >= 11 is 0. The van der Waals surface area contributed by atoms with Gasteiger partial charge >= 0.3 is 6.01 Å². The van der Waals surface area contributed by atoms with Crippen LogP contribution < -0.4 is 9.64 Å². The summed E-state index contributed by atoms with van der Waals surface area (Å²) < 4.78 is 58.8. The quantitative estimate of drug-likeness (QED) is 0.244. The van der Waals surface area contributed by atoms with Crippen molar-refractivity contribution in [3.63, 3.8) is 0 Å². The lowest BCUT2D eigenvalue weighted by atomic mass is 9.94. The molecule has 0 saturated carbocycles. The smallest absolute Gasteiger partial charge is 0.319 e. The number of aromatic hydroxyl groups is 1. The molecule has 5 aliphatic rings. The average Bonchev–Trinajstić information content (AvgIpc) is 3.77. The molecule has 5 aromatic rings. The normalized spacial score (nSPS) is 24.4. The number of phenolic OH excluding ortho intramolecular Hbond substituents is 1. The number of fused-ring (bicyclic) bond motifs is 2. The molecule has 13 heteroatoms. The van der Waals surface area contributed by atoms with Gasteiger partial charge in [-0.3, -0.25) is 9.88 Å². The first-order valence-electron chi connectivity index (χ1n) is 16.4. The fraction of sp³-hybridized carbons (Fsp3) is 0.400. The van der Waals surface area contributed by atoms with E-state index in [1.54, 1.807) is 0 Å². The Kier molecular flexibility index (Phi) is 6.82. The molecule has 0 amide bonds. The number of alkyl halides is 1. The molecule has 0 spiro atoms. The summed E-state index contributed by atoms with van der Waals surface area (Å²) in [5, 5.41) is 16.1. The Morgan fingerprint density at radius 3 is 2.90 bits per heavy atom. The Labute approximate surface area is 273 Å². The van der Waals surface area contributed by atoms with Crippen LogP contribution in [0.15, 0.2) is 35.0 Å². The molecular formula is C35H32F3N7O3. The minimum absolute atomic E-state index is 0.00429. The van der Waals surface area contributed by atoms with Gasteiger partial charge in [-0.15, -0.1) is 0 Å². The molecule has 246 valence electrons. The monoisotopic (exact) mass is 655 g/mol. The molecule has 3 atom stereocenters. The molecule has 3 aromatic heterocycles. The van der Waals surface area contributed by atoms with Crippen molar-refractivity contribution < 1.29 is 27.5 Å². The van der Waals surface area contributed by atoms with Crippen molar-refractivity contribution in [3.05, 3.63) is 59.4 Å². The first-order valence-corrected chi connectivity index (χ1v) is 16.4. The molecule has 1 unspecified atom stereocenters. The maximum Gasteiger partial charge on any atom is 0.319 e. The van der Waals surface area contributed by atoms with Gasteiger partial charge in [0.05, 0.1) is 10.9 Å². The minimum Gasteiger partial charge on any atom is -0.508 e. The highest BCUT2D eigenvalue weighted by atomic mass is 19.1. The standard InChI is InChI=1S/C35H32F3N7O3/c36-21-14-35(8-2-10-45(35)17-21)18-47-34-41-32-25-15-39-31(30(32)38)24-13-22(46)12-20-4-6-26(37)23(29(20)24)5-7-28-40-27(43-48-28)11-19-3-1-9-44(16-19)33(25)42-34/h4-7,12-13,15,19,21,46H,1-3,8-11,14,16-18H2/b7-5+/t19?,21-,35+/m1/s1. The van der Waals surface area contributed by atoms with E-state index >= 15 is 8.78 Å². The van der Waals surface area contributed by atoms with Crippen LogP contribution in [0.25, 0.3) is 45.1 Å². The molecule has 0 aliphatic carbocycles. The van der Waals surface area contributed by atoms with E-state index < -0.39 is 23.3 Å². The van der Waals surface area contributed by atoms with E-state index in [9.17, 15) is 9.50 Å². The Hall–Kier alpha value is -4.78. The van der Waals surface area contributed by atoms with E-state index in [0.29, 0.717) is 60.3 Å². The number of anilines is 1. The zero-order valence-electron chi connectivity index (χ0n) is 26.0. The number of ether oxygens (including phenoxy) is 1. The third kappa shape index (κ3) is 4.85. The maximum absolute atomic E-state index is 17.0. The number of rotatable bonds is 3. The van der Waals surface area contributed by atoms with Crippen molar-refractivity contribution in [1.82, 2.24) is 30.0 Å². The Morgan fingerprint density at radius 1 is 1.06 bits per heavy atom. The van der Waals surface area contributed by atoms with Crippen LogP contribution in [0.1, 0.15) is 49.4 Å². The number of nitrogens with zero attached hydrogens (tertiary/aromatic N) is 7. The van der Waals surface area contributed by atoms with Crippen molar-refractivity contribution in [2.45, 2.75) is 50.2 Å². The minimum atomic E-state index is -0.925. The van der Waals surface area contributed by atoms with E-state index in [1.165, 1.54) is 42.6 Å². The number of hydrogen-bond donors (Lipinski definition) is 1. The molecule has 2 aromatic carbocycles. The van der Waals surface area contributed by atoms with Gasteiger partial charge in [-0.25, -0.2) is 13.2 Å². The number of aromatic nitrogens is 5. The van der Waals surface area contributed by atoms with Crippen LogP contribution in [0.2, 0.25) is 0 Å². The second kappa shape index (κ2) is 11.1. The molecular weight excluding hydrogens is 623 g/mol. The number of halogens is 3. The van der Waals surface area contributed by atoms with E-state index in [2.05, 4.69) is 29.9 Å². The summed E-state index contributed by atoms with van der Waals surface area (Å²) in [5.74, 6) is -0.0638. The van der Waals surface area contributed by atoms with E-state index in [-0.39, 0.29) is 52.5 Å². The van der Waals surface area contributed by atoms with Crippen LogP contribution in [-0.2, 0) is 6.42 Å². The first-order chi connectivity index (χ1) is 23.3. The maximum atomic E-state index is 17.0. The molecule has 48 heavy (non-hydrogen) atoms. The van der Waals surface area contributed by atoms with Gasteiger partial charge in [-0.1, -0.05) is 11.2 Å². The molecule has 5 aliphatic heterocycles. The highest BCUT2D eigenvalue weighted by molar-refractivity contribution is 6.05. The van der Waals surface area contributed by atoms with Crippen molar-refractivity contribution in [2.24, 2.45) is 5.92 Å². The zero-order valence-corrected chi connectivity index (χ0v) is 26.0. The van der Waals surface area contributed by atoms with E-state index in [1.807, 2.05) is 0 Å². The van der Waals surface area contributed by atoms with Crippen molar-refractivity contribution in [2.75, 3.05) is 37.7 Å². The van der Waals surface area contributed by atoms with Crippen molar-refractivity contribution >= 4 is 39.6 Å². The predicted octanol–water partition coefficient (Wildman–Crippen LogP) is 6.11. The number of piperidine rings is 1. The summed E-state index contributed by atoms with van der Waals surface area (Å²) in [4.78, 5) is 22.8. The SMILES string of the molecule is Oc1cc2c3c(c(F)ccc3c1)/C=C/c1nc(no1)CC1CCCN(C1)c1nc(OC[C@@]34CCCN3C[C@H](F)C4)nc3c(F)c-2ncc13. The summed E-state index contributed by atoms with van der Waals surface area (Å²) in [7, 11) is 0. The van der Waals surface area contributed by atoms with Gasteiger partial charge in [0.25, 0.3) is 5.89 Å². The Balaban J connectivity index is 1.25. The molecule has 3 fully saturated rings. The number of benzene rings is 2. The largest absolute Gasteiger partial charge is 0.508 e. The second-order valence-corrected chi connectivity index (χ2v) is 13.5. The topological polar surface area (TPSA) is 114 Å². The third-order valence-corrected chi connectivity index (χ3v) is 10.4. The molecule has 10 rings (SSSR count). The summed E-state index contributed by atoms with van der Waals surface area (Å²) in [5.41, 5.74) is -0.239. The molecule has 10 nitrogen and oxygen atoms in total. The lowest BCUT2D eigenvalue weighted by Crippen LogP contribution is -2.43. The van der Waals surface area contributed by atoms with Gasteiger partial charge < -0.3 is 19.3 Å². The zero-order chi connectivity index (χ0) is 32.6.